The van der Waals surface area contributed by atoms with Gasteiger partial charge in [0.15, 0.2) is 5.82 Å². The highest BCUT2D eigenvalue weighted by Crippen LogP contribution is 2.45. The van der Waals surface area contributed by atoms with Crippen molar-refractivity contribution in [3.63, 3.8) is 0 Å². The number of benzene rings is 1. The summed E-state index contributed by atoms with van der Waals surface area (Å²) in [6.07, 6.45) is 1.19. The summed E-state index contributed by atoms with van der Waals surface area (Å²) in [6.45, 7) is 13.3. The average Bonchev–Trinajstić information content (AvgIpc) is 3.36. The molecular formula is C27H31N7O3. The molecule has 0 aliphatic carbocycles. The molecule has 0 saturated carbocycles. The Kier molecular flexibility index (Phi) is 5.91. The summed E-state index contributed by atoms with van der Waals surface area (Å²) < 4.78 is 13.2. The van der Waals surface area contributed by atoms with Gasteiger partial charge in [-0.1, -0.05) is 13.8 Å². The molecule has 1 N–H and O–H groups in total. The van der Waals surface area contributed by atoms with E-state index < -0.39 is 11.7 Å². The second-order valence-electron chi connectivity index (χ2n) is 11.1. The second kappa shape index (κ2) is 8.85. The maximum atomic E-state index is 13.0. The number of carbonyl (C=O) groups is 1. The molecule has 1 amide bonds. The molecule has 10 heteroatoms. The van der Waals surface area contributed by atoms with E-state index in [2.05, 4.69) is 35.3 Å². The van der Waals surface area contributed by atoms with Gasteiger partial charge >= 0.3 is 6.09 Å². The van der Waals surface area contributed by atoms with Crippen LogP contribution >= 0.6 is 0 Å². The van der Waals surface area contributed by atoms with Crippen LogP contribution < -0.4 is 10.2 Å². The minimum Gasteiger partial charge on any atom is -0.443 e. The van der Waals surface area contributed by atoms with Gasteiger partial charge in [0.2, 0.25) is 5.95 Å². The molecule has 1 unspecified atom stereocenters. The first-order chi connectivity index (χ1) is 17.4. The fraction of sp³-hybridized carbons (Fsp3) is 0.444. The van der Waals surface area contributed by atoms with E-state index in [1.165, 1.54) is 0 Å². The van der Waals surface area contributed by atoms with E-state index in [0.717, 1.165) is 16.8 Å². The van der Waals surface area contributed by atoms with Crippen LogP contribution in [0.3, 0.4) is 0 Å². The summed E-state index contributed by atoms with van der Waals surface area (Å²) in [4.78, 5) is 23.6. The molecule has 10 nitrogen and oxygen atoms in total. The molecule has 0 radical (unpaired) electrons. The van der Waals surface area contributed by atoms with Crippen LogP contribution in [0.15, 0.2) is 30.5 Å². The lowest BCUT2D eigenvalue weighted by Crippen LogP contribution is -2.38. The molecule has 0 spiro atoms. The maximum absolute atomic E-state index is 13.0. The highest BCUT2D eigenvalue weighted by Gasteiger charge is 2.42. The van der Waals surface area contributed by atoms with E-state index >= 15 is 0 Å². The van der Waals surface area contributed by atoms with Gasteiger partial charge in [-0.3, -0.25) is 9.58 Å². The van der Waals surface area contributed by atoms with Gasteiger partial charge in [0, 0.05) is 29.8 Å². The Hall–Kier alpha value is -3.97. The van der Waals surface area contributed by atoms with Crippen LogP contribution in [-0.4, -0.2) is 44.6 Å². The summed E-state index contributed by atoms with van der Waals surface area (Å²) in [5.41, 5.74) is 3.30. The lowest BCUT2D eigenvalue weighted by Gasteiger charge is -2.26. The van der Waals surface area contributed by atoms with Gasteiger partial charge in [-0.15, -0.1) is 0 Å². The lowest BCUT2D eigenvalue weighted by atomic mass is 9.85. The SMILES string of the molecule is CC1OCCn2nc(Nc3nccc(-c4cc(C#N)c5c(c4)C(C)(C)CN5C(=O)OC(C)(C)C)n3)cc21. The van der Waals surface area contributed by atoms with Crippen LogP contribution in [0.4, 0.5) is 22.2 Å². The normalized spacial score (nSPS) is 18.1. The van der Waals surface area contributed by atoms with Crippen molar-refractivity contribution in [2.45, 2.75) is 65.2 Å². The van der Waals surface area contributed by atoms with Crippen molar-refractivity contribution in [3.05, 3.63) is 47.3 Å². The Bertz CT molecular complexity index is 1410. The number of nitrogens with one attached hydrogen (secondary N) is 1. The number of hydrogen-bond donors (Lipinski definition) is 1. The molecule has 4 heterocycles. The van der Waals surface area contributed by atoms with Crippen LogP contribution in [-0.2, 0) is 21.4 Å². The smallest absolute Gasteiger partial charge is 0.414 e. The van der Waals surface area contributed by atoms with Crippen LogP contribution in [0, 0.1) is 11.3 Å². The molecule has 2 aliphatic rings. The van der Waals surface area contributed by atoms with Crippen molar-refractivity contribution in [2.24, 2.45) is 0 Å². The van der Waals surface area contributed by atoms with E-state index in [-0.39, 0.29) is 11.5 Å². The van der Waals surface area contributed by atoms with Gasteiger partial charge in [0.25, 0.3) is 0 Å². The third-order valence-electron chi connectivity index (χ3n) is 6.49. The molecule has 2 aliphatic heterocycles. The molecule has 2 aromatic heterocycles. The average molecular weight is 502 g/mol. The van der Waals surface area contributed by atoms with E-state index in [1.54, 1.807) is 23.2 Å². The zero-order valence-electron chi connectivity index (χ0n) is 22.0. The molecule has 5 rings (SSSR count). The van der Waals surface area contributed by atoms with Crippen LogP contribution in [0.2, 0.25) is 0 Å². The van der Waals surface area contributed by atoms with Crippen LogP contribution in [0.25, 0.3) is 11.3 Å². The molecular weight excluding hydrogens is 470 g/mol. The Morgan fingerprint density at radius 3 is 2.78 bits per heavy atom. The topological polar surface area (TPSA) is 118 Å². The van der Waals surface area contributed by atoms with Gasteiger partial charge in [0.05, 0.1) is 41.9 Å². The summed E-state index contributed by atoms with van der Waals surface area (Å²) >= 11 is 0. The van der Waals surface area contributed by atoms with Gasteiger partial charge in [0.1, 0.15) is 11.7 Å². The summed E-state index contributed by atoms with van der Waals surface area (Å²) in [5, 5.41) is 17.8. The van der Waals surface area contributed by atoms with Gasteiger partial charge in [-0.05, 0) is 51.5 Å². The fourth-order valence-corrected chi connectivity index (χ4v) is 4.80. The highest BCUT2D eigenvalue weighted by atomic mass is 16.6. The first kappa shape index (κ1) is 24.7. The van der Waals surface area contributed by atoms with Crippen molar-refractivity contribution >= 4 is 23.5 Å². The number of carbonyl (C=O) groups excluding carboxylic acids is 1. The Balaban J connectivity index is 1.48. The Morgan fingerprint density at radius 2 is 2.08 bits per heavy atom. The Morgan fingerprint density at radius 1 is 1.30 bits per heavy atom. The lowest BCUT2D eigenvalue weighted by molar-refractivity contribution is 0.0288. The molecule has 0 saturated heterocycles. The number of fused-ring (bicyclic) bond motifs is 2. The number of anilines is 3. The fourth-order valence-electron chi connectivity index (χ4n) is 4.80. The van der Waals surface area contributed by atoms with Crippen molar-refractivity contribution in [3.8, 4) is 17.3 Å². The van der Waals surface area contributed by atoms with Crippen LogP contribution in [0.1, 0.15) is 64.5 Å². The summed E-state index contributed by atoms with van der Waals surface area (Å²) in [7, 11) is 0. The maximum Gasteiger partial charge on any atom is 0.414 e. The second-order valence-corrected chi connectivity index (χ2v) is 11.1. The molecule has 3 aromatic rings. The third kappa shape index (κ3) is 4.74. The van der Waals surface area contributed by atoms with Crippen molar-refractivity contribution in [2.75, 3.05) is 23.4 Å². The van der Waals surface area contributed by atoms with E-state index in [9.17, 15) is 10.1 Å². The third-order valence-corrected chi connectivity index (χ3v) is 6.49. The number of hydrogen-bond acceptors (Lipinski definition) is 8. The molecule has 0 fully saturated rings. The number of nitriles is 1. The quantitative estimate of drug-likeness (QED) is 0.528. The first-order valence-corrected chi connectivity index (χ1v) is 12.3. The zero-order chi connectivity index (χ0) is 26.5. The van der Waals surface area contributed by atoms with Crippen molar-refractivity contribution in [1.29, 1.82) is 5.26 Å². The monoisotopic (exact) mass is 501 g/mol. The predicted octanol–water partition coefficient (Wildman–Crippen LogP) is 5.08. The van der Waals surface area contributed by atoms with E-state index in [1.807, 2.05) is 44.5 Å². The summed E-state index contributed by atoms with van der Waals surface area (Å²) in [6, 6.07) is 9.78. The van der Waals surface area contributed by atoms with Crippen molar-refractivity contribution < 1.29 is 14.3 Å². The number of amides is 1. The molecule has 0 bridgehead atoms. The number of aromatic nitrogens is 4. The minimum atomic E-state index is -0.638. The molecule has 37 heavy (non-hydrogen) atoms. The number of rotatable bonds is 3. The number of ether oxygens (including phenoxy) is 2. The summed E-state index contributed by atoms with van der Waals surface area (Å²) in [5.74, 6) is 1.04. The van der Waals surface area contributed by atoms with Gasteiger partial charge in [-0.2, -0.15) is 10.4 Å². The Labute approximate surface area is 216 Å². The zero-order valence-corrected chi connectivity index (χ0v) is 22.0. The molecule has 1 aromatic carbocycles. The van der Waals surface area contributed by atoms with Crippen LogP contribution in [0.5, 0.6) is 0 Å². The van der Waals surface area contributed by atoms with Gasteiger partial charge in [-0.25, -0.2) is 14.8 Å². The highest BCUT2D eigenvalue weighted by molar-refractivity contribution is 5.94. The predicted molar refractivity (Wildman–Crippen MR) is 139 cm³/mol. The molecule has 192 valence electrons. The van der Waals surface area contributed by atoms with E-state index in [4.69, 9.17) is 14.5 Å². The standard InChI is InChI=1S/C27H31N7O3/c1-16-21-13-22(32-34(21)9-10-36-16)31-24-29-8-7-20(30-24)17-11-18(14-28)23-19(12-17)27(5,6)15-33(23)25(35)37-26(2,3)4/h7-8,11-13,16H,9-10,15H2,1-6H3,(H,29,30,31,32). The minimum absolute atomic E-state index is 0.0246. The first-order valence-electron chi connectivity index (χ1n) is 12.3. The molecule has 1 atom stereocenters. The number of nitrogens with zero attached hydrogens (tertiary/aromatic N) is 6. The van der Waals surface area contributed by atoms with Gasteiger partial charge < -0.3 is 14.8 Å². The van der Waals surface area contributed by atoms with E-state index in [0.29, 0.717) is 48.4 Å². The largest absolute Gasteiger partial charge is 0.443 e. The van der Waals surface area contributed by atoms with Crippen molar-refractivity contribution in [1.82, 2.24) is 19.7 Å².